The molecule has 154 valence electrons. The third-order valence-electron chi connectivity index (χ3n) is 3.99. The van der Waals surface area contributed by atoms with Crippen LogP contribution >= 0.6 is 23.2 Å². The Morgan fingerprint density at radius 3 is 2.52 bits per heavy atom. The molecule has 0 aromatic heterocycles. The molecule has 29 heavy (non-hydrogen) atoms. The predicted molar refractivity (Wildman–Crippen MR) is 113 cm³/mol. The van der Waals surface area contributed by atoms with Gasteiger partial charge in [0.15, 0.2) is 6.61 Å². The maximum atomic E-state index is 12.1. The molecule has 2 aromatic rings. The van der Waals surface area contributed by atoms with E-state index < -0.39 is 18.5 Å². The van der Waals surface area contributed by atoms with E-state index in [1.165, 1.54) is 12.2 Å². The zero-order chi connectivity index (χ0) is 21.4. The standard InChI is InChI=1S/C21H21Cl2NO5/c1-13(17-11-16(27-2)7-8-19(17)28-3)24-20(25)12-29-21(26)9-5-14-4-6-15(22)10-18(14)23/h4-11,13H,12H2,1-3H3,(H,24,25)/b9-5+. The van der Waals surface area contributed by atoms with Gasteiger partial charge in [0.05, 0.1) is 20.3 Å². The Balaban J connectivity index is 1.90. The minimum absolute atomic E-state index is 0.380. The van der Waals surface area contributed by atoms with Crippen molar-refractivity contribution in [1.82, 2.24) is 5.32 Å². The highest BCUT2D eigenvalue weighted by Crippen LogP contribution is 2.29. The van der Waals surface area contributed by atoms with Gasteiger partial charge < -0.3 is 19.5 Å². The first-order valence-corrected chi connectivity index (χ1v) is 9.40. The summed E-state index contributed by atoms with van der Waals surface area (Å²) < 4.78 is 15.5. The normalized spacial score (nSPS) is 11.8. The molecule has 1 N–H and O–H groups in total. The molecule has 0 bridgehead atoms. The zero-order valence-corrected chi connectivity index (χ0v) is 17.7. The number of rotatable bonds is 8. The molecule has 1 atom stereocenters. The Labute approximate surface area is 179 Å². The van der Waals surface area contributed by atoms with Crippen LogP contribution in [0.2, 0.25) is 10.0 Å². The SMILES string of the molecule is COc1ccc(OC)c(C(C)NC(=O)COC(=O)/C=C/c2ccc(Cl)cc2Cl)c1. The summed E-state index contributed by atoms with van der Waals surface area (Å²) in [4.78, 5) is 24.0. The van der Waals surface area contributed by atoms with Crippen molar-refractivity contribution in [2.75, 3.05) is 20.8 Å². The van der Waals surface area contributed by atoms with Gasteiger partial charge in [-0.1, -0.05) is 29.3 Å². The molecule has 0 fully saturated rings. The fraction of sp³-hybridized carbons (Fsp3) is 0.238. The molecule has 0 saturated carbocycles. The van der Waals surface area contributed by atoms with Crippen molar-refractivity contribution < 1.29 is 23.8 Å². The van der Waals surface area contributed by atoms with Gasteiger partial charge in [0.1, 0.15) is 11.5 Å². The van der Waals surface area contributed by atoms with Gasteiger partial charge in [-0.25, -0.2) is 4.79 Å². The number of amides is 1. The second kappa shape index (κ2) is 10.7. The van der Waals surface area contributed by atoms with Gasteiger partial charge in [-0.05, 0) is 48.9 Å². The van der Waals surface area contributed by atoms with Crippen molar-refractivity contribution in [1.29, 1.82) is 0 Å². The summed E-state index contributed by atoms with van der Waals surface area (Å²) in [5, 5.41) is 3.65. The average molecular weight is 438 g/mol. The molecular formula is C21H21Cl2NO5. The van der Waals surface area contributed by atoms with Gasteiger partial charge >= 0.3 is 5.97 Å². The Hall–Kier alpha value is -2.70. The number of carbonyl (C=O) groups excluding carboxylic acids is 2. The van der Waals surface area contributed by atoms with Crippen LogP contribution in [0.4, 0.5) is 0 Å². The van der Waals surface area contributed by atoms with Crippen LogP contribution in [0.15, 0.2) is 42.5 Å². The molecule has 8 heteroatoms. The molecule has 2 rings (SSSR count). The van der Waals surface area contributed by atoms with Crippen molar-refractivity contribution in [2.45, 2.75) is 13.0 Å². The quantitative estimate of drug-likeness (QED) is 0.487. The molecule has 0 spiro atoms. The van der Waals surface area contributed by atoms with Crippen molar-refractivity contribution >= 4 is 41.2 Å². The monoisotopic (exact) mass is 437 g/mol. The van der Waals surface area contributed by atoms with Gasteiger partial charge in [0, 0.05) is 21.7 Å². The molecule has 0 aliphatic heterocycles. The van der Waals surface area contributed by atoms with Crippen LogP contribution in [-0.2, 0) is 14.3 Å². The smallest absolute Gasteiger partial charge is 0.331 e. The number of methoxy groups -OCH3 is 2. The third kappa shape index (κ3) is 6.69. The van der Waals surface area contributed by atoms with E-state index in [0.717, 1.165) is 5.56 Å². The number of halogens is 2. The highest BCUT2D eigenvalue weighted by molar-refractivity contribution is 6.35. The maximum absolute atomic E-state index is 12.1. The summed E-state index contributed by atoms with van der Waals surface area (Å²) in [6, 6.07) is 9.80. The van der Waals surface area contributed by atoms with E-state index in [2.05, 4.69) is 5.32 Å². The molecule has 2 aromatic carbocycles. The van der Waals surface area contributed by atoms with Gasteiger partial charge in [0.25, 0.3) is 5.91 Å². The van der Waals surface area contributed by atoms with E-state index in [1.54, 1.807) is 57.5 Å². The summed E-state index contributed by atoms with van der Waals surface area (Å²) in [6.45, 7) is 1.37. The van der Waals surface area contributed by atoms with Gasteiger partial charge in [0.2, 0.25) is 0 Å². The van der Waals surface area contributed by atoms with E-state index in [1.807, 2.05) is 0 Å². The lowest BCUT2D eigenvalue weighted by Gasteiger charge is -2.18. The predicted octanol–water partition coefficient (Wildman–Crippen LogP) is 4.44. The number of carbonyl (C=O) groups is 2. The molecule has 0 aliphatic rings. The molecule has 0 saturated heterocycles. The van der Waals surface area contributed by atoms with Crippen LogP contribution in [0, 0.1) is 0 Å². The van der Waals surface area contributed by atoms with Crippen LogP contribution in [0.3, 0.4) is 0 Å². The summed E-state index contributed by atoms with van der Waals surface area (Å²) in [5.41, 5.74) is 1.35. The fourth-order valence-electron chi connectivity index (χ4n) is 2.52. The topological polar surface area (TPSA) is 73.9 Å². The first kappa shape index (κ1) is 22.6. The number of hydrogen-bond acceptors (Lipinski definition) is 5. The molecular weight excluding hydrogens is 417 g/mol. The summed E-state index contributed by atoms with van der Waals surface area (Å²) in [7, 11) is 3.10. The van der Waals surface area contributed by atoms with E-state index in [-0.39, 0.29) is 6.04 Å². The van der Waals surface area contributed by atoms with Crippen LogP contribution in [0.5, 0.6) is 11.5 Å². The first-order valence-electron chi connectivity index (χ1n) is 8.65. The number of benzene rings is 2. The van der Waals surface area contributed by atoms with Crippen molar-refractivity contribution in [2.24, 2.45) is 0 Å². The van der Waals surface area contributed by atoms with E-state index in [0.29, 0.717) is 27.1 Å². The Morgan fingerprint density at radius 2 is 1.86 bits per heavy atom. The van der Waals surface area contributed by atoms with Crippen LogP contribution in [-0.4, -0.2) is 32.7 Å². The van der Waals surface area contributed by atoms with Crippen molar-refractivity contribution in [3.8, 4) is 11.5 Å². The largest absolute Gasteiger partial charge is 0.497 e. The van der Waals surface area contributed by atoms with E-state index in [9.17, 15) is 9.59 Å². The minimum atomic E-state index is -0.669. The summed E-state index contributed by atoms with van der Waals surface area (Å²) in [5.74, 6) is 0.129. The Kier molecular flexibility index (Phi) is 8.36. The fourth-order valence-corrected chi connectivity index (χ4v) is 2.99. The average Bonchev–Trinajstić information content (AvgIpc) is 2.71. The van der Waals surface area contributed by atoms with Gasteiger partial charge in [-0.15, -0.1) is 0 Å². The lowest BCUT2D eigenvalue weighted by Crippen LogP contribution is -2.31. The van der Waals surface area contributed by atoms with Crippen LogP contribution in [0.25, 0.3) is 6.08 Å². The minimum Gasteiger partial charge on any atom is -0.497 e. The number of nitrogens with one attached hydrogen (secondary N) is 1. The van der Waals surface area contributed by atoms with Crippen molar-refractivity contribution in [3.05, 3.63) is 63.6 Å². The number of ether oxygens (including phenoxy) is 3. The van der Waals surface area contributed by atoms with Crippen LogP contribution < -0.4 is 14.8 Å². The zero-order valence-electron chi connectivity index (χ0n) is 16.2. The molecule has 0 heterocycles. The van der Waals surface area contributed by atoms with Gasteiger partial charge in [-0.3, -0.25) is 4.79 Å². The number of hydrogen-bond donors (Lipinski definition) is 1. The molecule has 1 unspecified atom stereocenters. The lowest BCUT2D eigenvalue weighted by molar-refractivity contribution is -0.144. The summed E-state index contributed by atoms with van der Waals surface area (Å²) in [6.07, 6.45) is 2.68. The summed E-state index contributed by atoms with van der Waals surface area (Å²) >= 11 is 11.9. The second-order valence-corrected chi connectivity index (χ2v) is 6.85. The van der Waals surface area contributed by atoms with Crippen molar-refractivity contribution in [3.63, 3.8) is 0 Å². The lowest BCUT2D eigenvalue weighted by atomic mass is 10.1. The van der Waals surface area contributed by atoms with E-state index in [4.69, 9.17) is 37.4 Å². The Bertz CT molecular complexity index is 914. The van der Waals surface area contributed by atoms with E-state index >= 15 is 0 Å². The highest BCUT2D eigenvalue weighted by Gasteiger charge is 2.16. The van der Waals surface area contributed by atoms with Gasteiger partial charge in [-0.2, -0.15) is 0 Å². The highest BCUT2D eigenvalue weighted by atomic mass is 35.5. The maximum Gasteiger partial charge on any atom is 0.331 e. The molecule has 1 amide bonds. The molecule has 6 nitrogen and oxygen atoms in total. The molecule has 0 radical (unpaired) electrons. The van der Waals surface area contributed by atoms with Crippen LogP contribution in [0.1, 0.15) is 24.1 Å². The molecule has 0 aliphatic carbocycles. The third-order valence-corrected chi connectivity index (χ3v) is 4.55. The Morgan fingerprint density at radius 1 is 1.10 bits per heavy atom. The first-order chi connectivity index (χ1) is 13.8. The number of esters is 1. The second-order valence-electron chi connectivity index (χ2n) is 6.00.